The summed E-state index contributed by atoms with van der Waals surface area (Å²) in [5.74, 6) is 0. The average molecular weight is 1090 g/mol. The zero-order valence-electron chi connectivity index (χ0n) is 51.9. The molecule has 0 aliphatic heterocycles. The lowest BCUT2D eigenvalue weighted by atomic mass is 9.52. The van der Waals surface area contributed by atoms with Crippen molar-refractivity contribution >= 4 is 45.1 Å². The fourth-order valence-corrected chi connectivity index (χ4v) is 17.1. The average Bonchev–Trinajstić information content (AvgIpc) is 2.19. The van der Waals surface area contributed by atoms with Crippen molar-refractivity contribution in [2.45, 2.75) is 187 Å². The SMILES string of the molecule is CCCCCCC1(CCCCCC)c2cc(-c3ccc4ccc5c6c(ccc3c46)C=CC(C)(C(CC)(CC)c3ccccc3)C=5)ccc2-c2ccc(C(CC)(CC)C(CC)(CC)c3ccc(Nc4ccc(-c5ccccc5)cc4)cc3)cc21. The van der Waals surface area contributed by atoms with Crippen LogP contribution in [0.4, 0.5) is 11.4 Å². The van der Waals surface area contributed by atoms with Crippen molar-refractivity contribution in [1.29, 1.82) is 0 Å². The smallest absolute Gasteiger partial charge is 0.0384 e. The van der Waals surface area contributed by atoms with Gasteiger partial charge in [-0.25, -0.2) is 0 Å². The summed E-state index contributed by atoms with van der Waals surface area (Å²) >= 11 is 0. The van der Waals surface area contributed by atoms with Crippen LogP contribution in [0.5, 0.6) is 0 Å². The fourth-order valence-electron chi connectivity index (χ4n) is 17.1. The first kappa shape index (κ1) is 57.8. The van der Waals surface area contributed by atoms with Gasteiger partial charge in [0.15, 0.2) is 0 Å². The molecule has 0 aromatic heterocycles. The molecule has 2 aliphatic carbocycles. The lowest BCUT2D eigenvalue weighted by Gasteiger charge is -2.51. The molecule has 426 valence electrons. The van der Waals surface area contributed by atoms with E-state index in [9.17, 15) is 0 Å². The lowest BCUT2D eigenvalue weighted by Crippen LogP contribution is -2.48. The van der Waals surface area contributed by atoms with Crippen LogP contribution in [0.15, 0.2) is 188 Å². The number of benzene rings is 9. The summed E-state index contributed by atoms with van der Waals surface area (Å²) in [4.78, 5) is 0. The van der Waals surface area contributed by atoms with E-state index in [2.05, 4.69) is 268 Å². The second kappa shape index (κ2) is 24.3. The van der Waals surface area contributed by atoms with E-state index in [0.717, 1.165) is 49.9 Å². The monoisotopic (exact) mass is 1090 g/mol. The minimum Gasteiger partial charge on any atom is -0.356 e. The van der Waals surface area contributed by atoms with Crippen LogP contribution in [0.2, 0.25) is 0 Å². The van der Waals surface area contributed by atoms with Gasteiger partial charge in [-0.2, -0.15) is 0 Å². The van der Waals surface area contributed by atoms with Crippen LogP contribution in [0.1, 0.15) is 198 Å². The lowest BCUT2D eigenvalue weighted by molar-refractivity contribution is 0.176. The van der Waals surface area contributed by atoms with Gasteiger partial charge in [0.1, 0.15) is 0 Å². The summed E-state index contributed by atoms with van der Waals surface area (Å²) in [6.07, 6.45) is 26.5. The fraction of sp³-hybridized carbons (Fsp3) is 0.366. The van der Waals surface area contributed by atoms with E-state index in [1.807, 2.05) is 0 Å². The Labute approximate surface area is 499 Å². The van der Waals surface area contributed by atoms with Crippen LogP contribution in [0, 0.1) is 5.41 Å². The first-order chi connectivity index (χ1) is 40.5. The van der Waals surface area contributed by atoms with Crippen molar-refractivity contribution in [3.05, 3.63) is 227 Å². The standard InChI is InChI=1S/C82H93N/c1-10-18-20-28-53-79(54-29-21-19-11-2)74-56-63(70-48-38-61-34-35-64-58-78(9,55-52-62-39-50-73(70)77(61)76(62)64)80(12-3,13-4)65-32-26-23-27-33-65)40-49-71(74)72-51-43-67(57-75(72)79)82(16-7,17-8)81(14-5,15-6)66-41-46-69(47-42-66)83-68-44-36-60(37-45-68)59-30-24-22-25-31-59/h22-27,30-52,55-58,83H,10-21,28-29,53-54H2,1-9H3. The van der Waals surface area contributed by atoms with Crippen molar-refractivity contribution < 1.29 is 0 Å². The zero-order chi connectivity index (χ0) is 57.8. The topological polar surface area (TPSA) is 12.0 Å². The number of hydrogen-bond acceptors (Lipinski definition) is 1. The van der Waals surface area contributed by atoms with Gasteiger partial charge < -0.3 is 5.32 Å². The number of allylic oxidation sites excluding steroid dienone is 1. The Bertz CT molecular complexity index is 3740. The third-order valence-corrected chi connectivity index (χ3v) is 21.8. The molecule has 0 heterocycles. The number of hydrogen-bond donors (Lipinski definition) is 1. The summed E-state index contributed by atoms with van der Waals surface area (Å²) in [5.41, 5.74) is 18.8. The molecule has 0 spiro atoms. The minimum atomic E-state index is -0.187. The van der Waals surface area contributed by atoms with Crippen LogP contribution in [0.25, 0.3) is 67.1 Å². The molecule has 0 bridgehead atoms. The van der Waals surface area contributed by atoms with Gasteiger partial charge in [-0.3, -0.25) is 0 Å². The Morgan fingerprint density at radius 1 is 0.410 bits per heavy atom. The Hall–Kier alpha value is -6.96. The molecule has 1 atom stereocenters. The molecule has 0 fully saturated rings. The van der Waals surface area contributed by atoms with E-state index >= 15 is 0 Å². The Kier molecular flexibility index (Phi) is 17.0. The summed E-state index contributed by atoms with van der Waals surface area (Å²) < 4.78 is 0. The van der Waals surface area contributed by atoms with Crippen molar-refractivity contribution in [3.8, 4) is 33.4 Å². The highest BCUT2D eigenvalue weighted by Crippen LogP contribution is 2.59. The molecule has 9 aromatic rings. The van der Waals surface area contributed by atoms with Gasteiger partial charge >= 0.3 is 0 Å². The highest BCUT2D eigenvalue weighted by Gasteiger charge is 2.51. The molecule has 9 aromatic carbocycles. The van der Waals surface area contributed by atoms with E-state index in [1.54, 1.807) is 11.1 Å². The molecule has 0 saturated carbocycles. The Morgan fingerprint density at radius 2 is 0.940 bits per heavy atom. The second-order valence-corrected chi connectivity index (χ2v) is 25.3. The number of fused-ring (bicyclic) bond motifs is 3. The molecule has 1 unspecified atom stereocenters. The van der Waals surface area contributed by atoms with Gasteiger partial charge in [-0.15, -0.1) is 0 Å². The Balaban J connectivity index is 1.01. The van der Waals surface area contributed by atoms with Gasteiger partial charge in [0.2, 0.25) is 0 Å². The van der Waals surface area contributed by atoms with Crippen LogP contribution < -0.4 is 10.5 Å². The van der Waals surface area contributed by atoms with Gasteiger partial charge in [0.05, 0.1) is 0 Å². The molecule has 83 heavy (non-hydrogen) atoms. The van der Waals surface area contributed by atoms with E-state index in [0.29, 0.717) is 0 Å². The molecular formula is C82H93N. The molecule has 0 saturated heterocycles. The van der Waals surface area contributed by atoms with Crippen molar-refractivity contribution in [1.82, 2.24) is 0 Å². The van der Waals surface area contributed by atoms with E-state index in [4.69, 9.17) is 0 Å². The number of anilines is 2. The molecule has 1 heteroatoms. The first-order valence-electron chi connectivity index (χ1n) is 32.6. The quantitative estimate of drug-likeness (QED) is 0.0563. The van der Waals surface area contributed by atoms with Crippen LogP contribution >= 0.6 is 0 Å². The third kappa shape index (κ3) is 9.90. The van der Waals surface area contributed by atoms with Crippen molar-refractivity contribution in [3.63, 3.8) is 0 Å². The number of nitrogens with one attached hydrogen (secondary N) is 1. The minimum absolute atomic E-state index is 0.0383. The maximum absolute atomic E-state index is 3.74. The number of rotatable bonds is 25. The third-order valence-electron chi connectivity index (χ3n) is 21.8. The van der Waals surface area contributed by atoms with Crippen LogP contribution in [-0.4, -0.2) is 0 Å². The van der Waals surface area contributed by atoms with Gasteiger partial charge in [-0.05, 0) is 175 Å². The summed E-state index contributed by atoms with van der Waals surface area (Å²) in [5, 5.41) is 10.6. The molecule has 1 nitrogen and oxygen atoms in total. The molecule has 11 rings (SSSR count). The summed E-state index contributed by atoms with van der Waals surface area (Å²) in [7, 11) is 0. The molecule has 0 radical (unpaired) electrons. The van der Waals surface area contributed by atoms with Gasteiger partial charge in [0.25, 0.3) is 0 Å². The maximum Gasteiger partial charge on any atom is 0.0384 e. The predicted octanol–water partition coefficient (Wildman–Crippen LogP) is 23.4. The zero-order valence-corrected chi connectivity index (χ0v) is 51.9. The van der Waals surface area contributed by atoms with Gasteiger partial charge in [0, 0.05) is 38.4 Å². The molecule has 0 amide bonds. The summed E-state index contributed by atoms with van der Waals surface area (Å²) in [6.45, 7) is 21.9. The maximum atomic E-state index is 3.74. The first-order valence-corrected chi connectivity index (χ1v) is 32.6. The normalized spacial score (nSPS) is 15.5. The second-order valence-electron chi connectivity index (χ2n) is 25.3. The van der Waals surface area contributed by atoms with Crippen LogP contribution in [-0.2, 0) is 21.7 Å². The highest BCUT2D eigenvalue weighted by molar-refractivity contribution is 6.17. The van der Waals surface area contributed by atoms with E-state index < -0.39 is 0 Å². The van der Waals surface area contributed by atoms with E-state index in [-0.39, 0.29) is 27.1 Å². The Morgan fingerprint density at radius 3 is 1.55 bits per heavy atom. The molecule has 2 aliphatic rings. The predicted molar refractivity (Wildman–Crippen MR) is 362 cm³/mol. The van der Waals surface area contributed by atoms with Gasteiger partial charge in [-0.1, -0.05) is 284 Å². The number of unbranched alkanes of at least 4 members (excludes halogenated alkanes) is 6. The largest absolute Gasteiger partial charge is 0.356 e. The van der Waals surface area contributed by atoms with E-state index in [1.165, 1.54) is 147 Å². The van der Waals surface area contributed by atoms with Crippen molar-refractivity contribution in [2.75, 3.05) is 5.32 Å². The molecular weight excluding hydrogens is 999 g/mol. The van der Waals surface area contributed by atoms with Crippen molar-refractivity contribution in [2.24, 2.45) is 5.41 Å². The highest BCUT2D eigenvalue weighted by atomic mass is 14.9. The van der Waals surface area contributed by atoms with Crippen LogP contribution in [0.3, 0.4) is 0 Å². The molecule has 1 N–H and O–H groups in total. The summed E-state index contributed by atoms with van der Waals surface area (Å²) in [6, 6.07) is 70.6.